The molecule has 3 aromatic heterocycles. The van der Waals surface area contributed by atoms with Gasteiger partial charge in [0.25, 0.3) is 0 Å². The Morgan fingerprint density at radius 3 is 1.88 bits per heavy atom. The van der Waals surface area contributed by atoms with E-state index in [-0.39, 0.29) is 0 Å². The Hall–Kier alpha value is -6.36. The summed E-state index contributed by atoms with van der Waals surface area (Å²) in [4.78, 5) is 10.4. The topological polar surface area (TPSA) is 30.7 Å². The van der Waals surface area contributed by atoms with Crippen molar-refractivity contribution in [3.05, 3.63) is 164 Å². The normalized spacial score (nSPS) is 12.0. The lowest BCUT2D eigenvalue weighted by Gasteiger charge is -2.16. The van der Waals surface area contributed by atoms with Crippen LogP contribution in [0.4, 0.5) is 0 Å². The third-order valence-corrected chi connectivity index (χ3v) is 11.4. The number of aromatic nitrogens is 3. The summed E-state index contributed by atoms with van der Waals surface area (Å²) in [6.07, 6.45) is 0. The molecule has 0 N–H and O–H groups in total. The SMILES string of the molecule is c1ccc(-c2nc(-c3ccc(-n4c5ccccc5c5c6ccccc6c6c7ccccc7sc6c54)c4ccccc34)nc3ccccc23)cc1. The zero-order valence-electron chi connectivity index (χ0n) is 26.8. The molecule has 0 aliphatic heterocycles. The van der Waals surface area contributed by atoms with Crippen LogP contribution in [-0.4, -0.2) is 14.5 Å². The van der Waals surface area contributed by atoms with Gasteiger partial charge >= 0.3 is 0 Å². The van der Waals surface area contributed by atoms with Crippen LogP contribution in [0.25, 0.3) is 103 Å². The first-order chi connectivity index (χ1) is 24.8. The van der Waals surface area contributed by atoms with Gasteiger partial charge < -0.3 is 4.57 Å². The number of rotatable bonds is 3. The molecule has 0 amide bonds. The standard InChI is InChI=1S/C46H27N3S/c1-2-14-28(15-3-1)43-34-20-8-11-23-37(34)47-46(48-43)33-26-27-39(30-17-5-4-16-29(30)33)49-38-24-12-9-21-35(38)41-31-18-6-7-19-32(31)42-36-22-10-13-25-40(36)50-45(42)44(41)49/h1-27H. The third-order valence-electron chi connectivity index (χ3n) is 10.2. The lowest BCUT2D eigenvalue weighted by Crippen LogP contribution is -1.99. The Kier molecular flexibility index (Phi) is 5.83. The van der Waals surface area contributed by atoms with Gasteiger partial charge in [-0.2, -0.15) is 0 Å². The van der Waals surface area contributed by atoms with E-state index in [1.807, 2.05) is 17.4 Å². The summed E-state index contributed by atoms with van der Waals surface area (Å²) in [6, 6.07) is 58.6. The van der Waals surface area contributed by atoms with E-state index in [2.05, 4.69) is 162 Å². The van der Waals surface area contributed by atoms with Crippen LogP contribution < -0.4 is 0 Å². The molecule has 4 heteroatoms. The van der Waals surface area contributed by atoms with E-state index in [0.29, 0.717) is 0 Å². The maximum atomic E-state index is 5.27. The second-order valence-electron chi connectivity index (χ2n) is 12.9. The molecule has 0 saturated heterocycles. The van der Waals surface area contributed by atoms with Gasteiger partial charge in [0, 0.05) is 48.1 Å². The fraction of sp³-hybridized carbons (Fsp3) is 0. The van der Waals surface area contributed by atoms with E-state index in [9.17, 15) is 0 Å². The van der Waals surface area contributed by atoms with E-state index in [0.717, 1.165) is 50.0 Å². The fourth-order valence-electron chi connectivity index (χ4n) is 8.06. The van der Waals surface area contributed by atoms with Crippen LogP contribution in [0.15, 0.2) is 164 Å². The van der Waals surface area contributed by atoms with Crippen molar-refractivity contribution in [3.63, 3.8) is 0 Å². The van der Waals surface area contributed by atoms with Crippen molar-refractivity contribution in [1.82, 2.24) is 14.5 Å². The first-order valence-corrected chi connectivity index (χ1v) is 17.7. The highest BCUT2D eigenvalue weighted by molar-refractivity contribution is 7.27. The molecule has 0 unspecified atom stereocenters. The summed E-state index contributed by atoms with van der Waals surface area (Å²) in [6.45, 7) is 0. The molecule has 0 bridgehead atoms. The second kappa shape index (κ2) is 10.6. The van der Waals surface area contributed by atoms with Crippen LogP contribution in [0.2, 0.25) is 0 Å². The number of hydrogen-bond donors (Lipinski definition) is 0. The quantitative estimate of drug-likeness (QED) is 0.190. The number of benzene rings is 8. The molecule has 0 fully saturated rings. The summed E-state index contributed by atoms with van der Waals surface area (Å²) >= 11 is 1.90. The Balaban J connectivity index is 1.26. The fourth-order valence-corrected chi connectivity index (χ4v) is 9.32. The molecule has 50 heavy (non-hydrogen) atoms. The molecule has 0 saturated carbocycles. The van der Waals surface area contributed by atoms with Crippen molar-refractivity contribution in [1.29, 1.82) is 0 Å². The number of nitrogens with zero attached hydrogens (tertiary/aromatic N) is 3. The predicted octanol–water partition coefficient (Wildman–Crippen LogP) is 12.7. The number of hydrogen-bond acceptors (Lipinski definition) is 3. The molecule has 0 aliphatic carbocycles. The van der Waals surface area contributed by atoms with Crippen LogP contribution in [-0.2, 0) is 0 Å². The predicted molar refractivity (Wildman–Crippen MR) is 213 cm³/mol. The molecule has 0 atom stereocenters. The molecule has 8 aromatic carbocycles. The highest BCUT2D eigenvalue weighted by atomic mass is 32.1. The van der Waals surface area contributed by atoms with E-state index in [4.69, 9.17) is 9.97 Å². The average Bonchev–Trinajstić information content (AvgIpc) is 3.74. The number of thiophene rings is 1. The van der Waals surface area contributed by atoms with Gasteiger partial charge in [-0.1, -0.05) is 133 Å². The Morgan fingerprint density at radius 2 is 1.06 bits per heavy atom. The molecule has 232 valence electrons. The van der Waals surface area contributed by atoms with Gasteiger partial charge in [-0.25, -0.2) is 9.97 Å². The largest absolute Gasteiger partial charge is 0.307 e. The molecule has 11 rings (SSSR count). The van der Waals surface area contributed by atoms with Crippen molar-refractivity contribution in [2.24, 2.45) is 0 Å². The van der Waals surface area contributed by atoms with Crippen molar-refractivity contribution < 1.29 is 0 Å². The highest BCUT2D eigenvalue weighted by Crippen LogP contribution is 2.48. The minimum Gasteiger partial charge on any atom is -0.307 e. The third kappa shape index (κ3) is 3.85. The van der Waals surface area contributed by atoms with Crippen molar-refractivity contribution in [2.45, 2.75) is 0 Å². The summed E-state index contributed by atoms with van der Waals surface area (Å²) < 4.78 is 5.13. The van der Waals surface area contributed by atoms with Gasteiger partial charge in [0.2, 0.25) is 0 Å². The molecule has 0 radical (unpaired) electrons. The summed E-state index contributed by atoms with van der Waals surface area (Å²) in [5, 5.41) is 11.1. The van der Waals surface area contributed by atoms with Gasteiger partial charge in [0.05, 0.1) is 32.6 Å². The first-order valence-electron chi connectivity index (χ1n) is 16.9. The Labute approximate surface area is 291 Å². The molecule has 0 spiro atoms. The van der Waals surface area contributed by atoms with Crippen molar-refractivity contribution in [2.75, 3.05) is 0 Å². The zero-order chi connectivity index (χ0) is 32.8. The van der Waals surface area contributed by atoms with E-state index in [1.54, 1.807) is 0 Å². The Morgan fingerprint density at radius 1 is 0.440 bits per heavy atom. The number of fused-ring (bicyclic) bond motifs is 12. The van der Waals surface area contributed by atoms with Gasteiger partial charge in [-0.3, -0.25) is 0 Å². The lowest BCUT2D eigenvalue weighted by molar-refractivity contribution is 1.20. The smallest absolute Gasteiger partial charge is 0.161 e. The van der Waals surface area contributed by atoms with Crippen molar-refractivity contribution in [3.8, 4) is 28.3 Å². The lowest BCUT2D eigenvalue weighted by atomic mass is 9.98. The molecule has 0 aliphatic rings. The number of para-hydroxylation sites is 2. The van der Waals surface area contributed by atoms with E-state index < -0.39 is 0 Å². The summed E-state index contributed by atoms with van der Waals surface area (Å²) in [7, 11) is 0. The molecule has 3 heterocycles. The van der Waals surface area contributed by atoms with Gasteiger partial charge in [0.1, 0.15) is 0 Å². The second-order valence-corrected chi connectivity index (χ2v) is 13.9. The molecular formula is C46H27N3S. The van der Waals surface area contributed by atoms with Gasteiger partial charge in [0.15, 0.2) is 5.82 Å². The van der Waals surface area contributed by atoms with E-state index >= 15 is 0 Å². The van der Waals surface area contributed by atoms with Crippen molar-refractivity contribution >= 4 is 85.8 Å². The van der Waals surface area contributed by atoms with Crippen LogP contribution >= 0.6 is 11.3 Å². The Bertz CT molecular complexity index is 3150. The van der Waals surface area contributed by atoms with Crippen LogP contribution in [0.5, 0.6) is 0 Å². The maximum absolute atomic E-state index is 5.27. The maximum Gasteiger partial charge on any atom is 0.161 e. The summed E-state index contributed by atoms with van der Waals surface area (Å²) in [5.74, 6) is 0.727. The first kappa shape index (κ1) is 27.6. The summed E-state index contributed by atoms with van der Waals surface area (Å²) in [5.41, 5.74) is 7.58. The van der Waals surface area contributed by atoms with Gasteiger partial charge in [-0.05, 0) is 46.5 Å². The minimum absolute atomic E-state index is 0.727. The van der Waals surface area contributed by atoms with E-state index in [1.165, 1.54) is 52.8 Å². The zero-order valence-corrected chi connectivity index (χ0v) is 27.7. The average molecular weight is 654 g/mol. The molecular weight excluding hydrogens is 627 g/mol. The van der Waals surface area contributed by atoms with Crippen LogP contribution in [0.1, 0.15) is 0 Å². The van der Waals surface area contributed by atoms with Crippen LogP contribution in [0, 0.1) is 0 Å². The van der Waals surface area contributed by atoms with Crippen LogP contribution in [0.3, 0.4) is 0 Å². The van der Waals surface area contributed by atoms with Gasteiger partial charge in [-0.15, -0.1) is 11.3 Å². The molecule has 3 nitrogen and oxygen atoms in total. The monoisotopic (exact) mass is 653 g/mol. The highest BCUT2D eigenvalue weighted by Gasteiger charge is 2.23. The minimum atomic E-state index is 0.727. The molecule has 11 aromatic rings.